The summed E-state index contributed by atoms with van der Waals surface area (Å²) >= 11 is 6.10. The van der Waals surface area contributed by atoms with E-state index in [1.54, 1.807) is 0 Å². The van der Waals surface area contributed by atoms with E-state index in [1.807, 2.05) is 0 Å². The highest BCUT2D eigenvalue weighted by Gasteiger charge is 2.06. The summed E-state index contributed by atoms with van der Waals surface area (Å²) in [5.74, 6) is 0.773. The summed E-state index contributed by atoms with van der Waals surface area (Å²) in [5.41, 5.74) is 0. The Labute approximate surface area is 51.5 Å². The molecular formula is C3H4N2S2. The van der Waals surface area contributed by atoms with Crippen LogP contribution in [0.5, 0.6) is 0 Å². The molecule has 4 heteroatoms. The van der Waals surface area contributed by atoms with Crippen molar-refractivity contribution < 1.29 is 0 Å². The van der Waals surface area contributed by atoms with Gasteiger partial charge in [-0.2, -0.15) is 0 Å². The highest BCUT2D eigenvalue weighted by molar-refractivity contribution is 8.22. The van der Waals surface area contributed by atoms with Crippen molar-refractivity contribution >= 4 is 28.5 Å². The van der Waals surface area contributed by atoms with Crippen LogP contribution in [0, 0.1) is 0 Å². The lowest BCUT2D eigenvalue weighted by Gasteiger charge is -1.86. The van der Waals surface area contributed by atoms with Crippen LogP contribution in [0.1, 0.15) is 0 Å². The van der Waals surface area contributed by atoms with Crippen molar-refractivity contribution in [1.82, 2.24) is 10.0 Å². The average molecular weight is 132 g/mol. The van der Waals surface area contributed by atoms with Crippen LogP contribution < -0.4 is 10.0 Å². The first-order chi connectivity index (χ1) is 3.29. The van der Waals surface area contributed by atoms with Crippen molar-refractivity contribution in [3.05, 3.63) is 12.4 Å². The first-order valence-electron chi connectivity index (χ1n) is 1.72. The minimum Gasteiger partial charge on any atom is -0.326 e. The largest absolute Gasteiger partial charge is 0.326 e. The van der Waals surface area contributed by atoms with Crippen LogP contribution in [0.3, 0.4) is 0 Å². The monoisotopic (exact) mass is 132 g/mol. The molecule has 1 aliphatic heterocycles. The van der Waals surface area contributed by atoms with Crippen molar-refractivity contribution in [2.45, 2.75) is 0 Å². The second kappa shape index (κ2) is 1.71. The van der Waals surface area contributed by atoms with E-state index >= 15 is 0 Å². The molecule has 2 N–H and O–H groups in total. The molecule has 0 aliphatic carbocycles. The second-order valence-electron chi connectivity index (χ2n) is 1.10. The number of hydrogen-bond donors (Lipinski definition) is 2. The van der Waals surface area contributed by atoms with Gasteiger partial charge in [-0.15, -0.1) is 0 Å². The summed E-state index contributed by atoms with van der Waals surface area (Å²) in [5, 5.41) is 2.81. The Bertz CT molecular complexity index is 106. The number of nitrogens with one attached hydrogen (secondary N) is 2. The van der Waals surface area contributed by atoms with Crippen molar-refractivity contribution in [1.29, 1.82) is 0 Å². The van der Waals surface area contributed by atoms with E-state index < -0.39 is 0 Å². The fourth-order valence-electron chi connectivity index (χ4n) is 0.282. The first kappa shape index (κ1) is 4.93. The van der Waals surface area contributed by atoms with Gasteiger partial charge < -0.3 is 10.0 Å². The first-order valence-corrected chi connectivity index (χ1v) is 2.94. The van der Waals surface area contributed by atoms with Crippen molar-refractivity contribution in [3.63, 3.8) is 0 Å². The Hall–Kier alpha value is -0.220. The van der Waals surface area contributed by atoms with E-state index in [2.05, 4.69) is 16.6 Å². The molecule has 0 atom stereocenters. The predicted octanol–water partition coefficient (Wildman–Crippen LogP) is 0.584. The lowest BCUT2D eigenvalue weighted by Crippen LogP contribution is -2.09. The predicted molar refractivity (Wildman–Crippen MR) is 35.6 cm³/mol. The van der Waals surface area contributed by atoms with E-state index in [4.69, 9.17) is 12.2 Å². The van der Waals surface area contributed by atoms with Crippen LogP contribution in [-0.2, 0) is 0 Å². The molecule has 1 saturated heterocycles. The van der Waals surface area contributed by atoms with Crippen molar-refractivity contribution in [3.8, 4) is 0 Å². The van der Waals surface area contributed by atoms with Gasteiger partial charge in [0.25, 0.3) is 0 Å². The summed E-state index contributed by atoms with van der Waals surface area (Å²) in [7, 11) is 0. The molecule has 0 bridgehead atoms. The molecule has 0 spiro atoms. The Morgan fingerprint density at radius 3 is 2.57 bits per heavy atom. The summed E-state index contributed by atoms with van der Waals surface area (Å²) in [6.07, 6.45) is 0. The van der Waals surface area contributed by atoms with Gasteiger partial charge in [0.05, 0.1) is 0 Å². The molecule has 0 aromatic heterocycles. The molecule has 7 heavy (non-hydrogen) atoms. The zero-order chi connectivity index (χ0) is 5.28. The van der Waals surface area contributed by atoms with E-state index in [0.717, 1.165) is 10.1 Å². The normalized spacial score (nSPS) is 18.9. The summed E-state index contributed by atoms with van der Waals surface area (Å²) in [6.45, 7) is 3.57. The van der Waals surface area contributed by atoms with Gasteiger partial charge in [-0.1, -0.05) is 18.8 Å². The summed E-state index contributed by atoms with van der Waals surface area (Å²) in [6, 6.07) is 0. The zero-order valence-corrected chi connectivity index (χ0v) is 5.16. The smallest absolute Gasteiger partial charge is 0.159 e. The molecule has 0 aromatic rings. The molecule has 38 valence electrons. The second-order valence-corrected chi connectivity index (χ2v) is 2.58. The average Bonchev–Trinajstić information content (AvgIpc) is 1.87. The maximum atomic E-state index is 4.72. The van der Waals surface area contributed by atoms with Gasteiger partial charge >= 0.3 is 0 Å². The number of rotatable bonds is 0. The van der Waals surface area contributed by atoms with Gasteiger partial charge in [-0.05, 0) is 0 Å². The fourth-order valence-corrected chi connectivity index (χ4v) is 0.972. The van der Waals surface area contributed by atoms with Crippen LogP contribution in [0.2, 0.25) is 0 Å². The third-order valence-corrected chi connectivity index (χ3v) is 1.51. The van der Waals surface area contributed by atoms with Crippen LogP contribution in [-0.4, -0.2) is 4.32 Å². The molecule has 0 aromatic carbocycles. The molecule has 0 unspecified atom stereocenters. The lowest BCUT2D eigenvalue weighted by atomic mass is 10.8. The Morgan fingerprint density at radius 2 is 2.43 bits per heavy atom. The highest BCUT2D eigenvalue weighted by atomic mass is 32.2. The number of hydrogen-bond acceptors (Lipinski definition) is 3. The SMILES string of the molecule is C=C1NSC(=S)N1. The number of thiocarbonyl (C=S) groups is 1. The van der Waals surface area contributed by atoms with Gasteiger partial charge in [0.15, 0.2) is 4.32 Å². The standard InChI is InChI=1S/C3H4N2S2/c1-2-4-3(6)7-5-2/h5H,1H2,(H,4,6). The molecule has 0 radical (unpaired) electrons. The summed E-state index contributed by atoms with van der Waals surface area (Å²) in [4.78, 5) is 0. The molecule has 1 rings (SSSR count). The van der Waals surface area contributed by atoms with Gasteiger partial charge in [0.1, 0.15) is 5.82 Å². The van der Waals surface area contributed by atoms with E-state index in [-0.39, 0.29) is 0 Å². The minimum absolute atomic E-state index is 0.741. The maximum Gasteiger partial charge on any atom is 0.159 e. The highest BCUT2D eigenvalue weighted by Crippen LogP contribution is 2.05. The lowest BCUT2D eigenvalue weighted by molar-refractivity contribution is 1.09. The van der Waals surface area contributed by atoms with Crippen LogP contribution >= 0.6 is 24.2 Å². The van der Waals surface area contributed by atoms with Gasteiger partial charge in [-0.3, -0.25) is 0 Å². The molecule has 0 saturated carbocycles. The fraction of sp³-hybridized carbons (Fsp3) is 0. The Balaban J connectivity index is 2.55. The van der Waals surface area contributed by atoms with Crippen LogP contribution in [0.15, 0.2) is 12.4 Å². The molecule has 0 amide bonds. The van der Waals surface area contributed by atoms with E-state index in [9.17, 15) is 0 Å². The Morgan fingerprint density at radius 1 is 1.71 bits per heavy atom. The third-order valence-electron chi connectivity index (χ3n) is 0.520. The molecule has 2 nitrogen and oxygen atoms in total. The maximum absolute atomic E-state index is 4.72. The van der Waals surface area contributed by atoms with E-state index in [0.29, 0.717) is 0 Å². The molecular weight excluding hydrogens is 128 g/mol. The van der Waals surface area contributed by atoms with Gasteiger partial charge in [0, 0.05) is 11.9 Å². The van der Waals surface area contributed by atoms with Crippen LogP contribution in [0.25, 0.3) is 0 Å². The molecule has 1 heterocycles. The summed E-state index contributed by atoms with van der Waals surface area (Å²) < 4.78 is 3.58. The van der Waals surface area contributed by atoms with Crippen LogP contribution in [0.4, 0.5) is 0 Å². The molecule has 1 aliphatic rings. The minimum atomic E-state index is 0.741. The molecule has 1 fully saturated rings. The van der Waals surface area contributed by atoms with Gasteiger partial charge in [0.2, 0.25) is 0 Å². The zero-order valence-electron chi connectivity index (χ0n) is 3.52. The van der Waals surface area contributed by atoms with Gasteiger partial charge in [-0.25, -0.2) is 0 Å². The van der Waals surface area contributed by atoms with E-state index in [1.165, 1.54) is 11.9 Å². The van der Waals surface area contributed by atoms with Crippen molar-refractivity contribution in [2.75, 3.05) is 0 Å². The quantitative estimate of drug-likeness (QED) is 0.372. The third kappa shape index (κ3) is 1.07. The topological polar surface area (TPSA) is 24.1 Å². The Kier molecular flexibility index (Phi) is 1.21. The van der Waals surface area contributed by atoms with Crippen molar-refractivity contribution in [2.24, 2.45) is 0 Å².